The number of hydrogen-bond acceptors (Lipinski definition) is 3. The number of carbonyl (C=O) groups is 2. The highest BCUT2D eigenvalue weighted by Crippen LogP contribution is 2.18. The minimum Gasteiger partial charge on any atom is -0.359 e. The topological polar surface area (TPSA) is 61.4 Å². The Kier molecular flexibility index (Phi) is 7.16. The van der Waals surface area contributed by atoms with Crippen LogP contribution in [0.15, 0.2) is 0 Å². The molecule has 1 heterocycles. The number of nitrogens with zero attached hydrogens (tertiary/aromatic N) is 1. The highest BCUT2D eigenvalue weighted by atomic mass is 16.2. The van der Waals surface area contributed by atoms with E-state index >= 15 is 0 Å². The fourth-order valence-corrected chi connectivity index (χ4v) is 3.63. The van der Waals surface area contributed by atoms with Crippen LogP contribution in [0.5, 0.6) is 0 Å². The van der Waals surface area contributed by atoms with Gasteiger partial charge in [0.25, 0.3) is 0 Å². The van der Waals surface area contributed by atoms with E-state index in [0.29, 0.717) is 12.6 Å². The number of nitrogens with one attached hydrogen (secondary N) is 2. The molecule has 0 bridgehead atoms. The van der Waals surface area contributed by atoms with Crippen LogP contribution in [0.25, 0.3) is 0 Å². The predicted octanol–water partition coefficient (Wildman–Crippen LogP) is 1.67. The maximum atomic E-state index is 12.2. The molecule has 5 heteroatoms. The first-order valence-corrected chi connectivity index (χ1v) is 8.92. The van der Waals surface area contributed by atoms with E-state index in [-0.39, 0.29) is 17.7 Å². The van der Waals surface area contributed by atoms with Crippen molar-refractivity contribution < 1.29 is 9.59 Å². The number of piperidine rings is 1. The van der Waals surface area contributed by atoms with Crippen molar-refractivity contribution in [2.24, 2.45) is 5.92 Å². The molecule has 2 fully saturated rings. The summed E-state index contributed by atoms with van der Waals surface area (Å²) in [5.74, 6) is 0.414. The van der Waals surface area contributed by atoms with Gasteiger partial charge in [0.2, 0.25) is 11.8 Å². The summed E-state index contributed by atoms with van der Waals surface area (Å²) in [7, 11) is 1.69. The van der Waals surface area contributed by atoms with Crippen LogP contribution in [0.3, 0.4) is 0 Å². The predicted molar refractivity (Wildman–Crippen MR) is 87.5 cm³/mol. The Hall–Kier alpha value is -1.10. The third-order valence-electron chi connectivity index (χ3n) is 5.04. The molecular weight excluding hydrogens is 278 g/mol. The Morgan fingerprint density at radius 3 is 2.14 bits per heavy atom. The van der Waals surface area contributed by atoms with E-state index in [1.54, 1.807) is 7.05 Å². The molecule has 1 saturated carbocycles. The number of likely N-dealkylation sites (tertiary alicyclic amines) is 1. The van der Waals surface area contributed by atoms with Gasteiger partial charge in [0.1, 0.15) is 0 Å². The highest BCUT2D eigenvalue weighted by Gasteiger charge is 2.25. The molecule has 126 valence electrons. The summed E-state index contributed by atoms with van der Waals surface area (Å²) in [6.45, 7) is 2.17. The molecule has 2 rings (SSSR count). The summed E-state index contributed by atoms with van der Waals surface area (Å²) < 4.78 is 0. The minimum absolute atomic E-state index is 0.120. The standard InChI is InChI=1S/C17H31N3O2/c1-18-17(22)14-9-11-20(12-10-14)13-16(21)19-15-7-5-3-2-4-6-8-15/h14-15H,2-13H2,1H3,(H,18,22)(H,19,21). The molecule has 0 aromatic heterocycles. The van der Waals surface area contributed by atoms with Gasteiger partial charge in [-0.15, -0.1) is 0 Å². The smallest absolute Gasteiger partial charge is 0.234 e. The zero-order valence-electron chi connectivity index (χ0n) is 13.9. The Morgan fingerprint density at radius 1 is 0.955 bits per heavy atom. The number of amides is 2. The first-order chi connectivity index (χ1) is 10.7. The second-order valence-electron chi connectivity index (χ2n) is 6.77. The Labute approximate surface area is 134 Å². The van der Waals surface area contributed by atoms with Crippen molar-refractivity contribution in [1.82, 2.24) is 15.5 Å². The van der Waals surface area contributed by atoms with Crippen LogP contribution >= 0.6 is 0 Å². The number of rotatable bonds is 4. The van der Waals surface area contributed by atoms with Crippen LogP contribution in [-0.2, 0) is 9.59 Å². The molecule has 1 aliphatic carbocycles. The highest BCUT2D eigenvalue weighted by molar-refractivity contribution is 5.79. The van der Waals surface area contributed by atoms with Gasteiger partial charge in [0.15, 0.2) is 0 Å². The zero-order chi connectivity index (χ0) is 15.8. The lowest BCUT2D eigenvalue weighted by Gasteiger charge is -2.31. The second kappa shape index (κ2) is 9.13. The van der Waals surface area contributed by atoms with Crippen LogP contribution in [-0.4, -0.2) is 49.4 Å². The second-order valence-corrected chi connectivity index (χ2v) is 6.77. The van der Waals surface area contributed by atoms with Gasteiger partial charge in [-0.2, -0.15) is 0 Å². The molecule has 0 aromatic carbocycles. The molecule has 1 saturated heterocycles. The molecule has 0 atom stereocenters. The van der Waals surface area contributed by atoms with Crippen LogP contribution < -0.4 is 10.6 Å². The van der Waals surface area contributed by atoms with Crippen LogP contribution in [0.2, 0.25) is 0 Å². The quantitative estimate of drug-likeness (QED) is 0.830. The molecule has 2 aliphatic rings. The van der Waals surface area contributed by atoms with Gasteiger partial charge in [-0.05, 0) is 38.8 Å². The normalized spacial score (nSPS) is 22.6. The van der Waals surface area contributed by atoms with Crippen molar-refractivity contribution in [3.63, 3.8) is 0 Å². The van der Waals surface area contributed by atoms with E-state index in [1.165, 1.54) is 32.1 Å². The number of carbonyl (C=O) groups excluding carboxylic acids is 2. The lowest BCUT2D eigenvalue weighted by molar-refractivity contribution is -0.126. The van der Waals surface area contributed by atoms with Gasteiger partial charge in [0, 0.05) is 19.0 Å². The van der Waals surface area contributed by atoms with E-state index in [9.17, 15) is 9.59 Å². The van der Waals surface area contributed by atoms with Crippen molar-refractivity contribution in [3.8, 4) is 0 Å². The fourth-order valence-electron chi connectivity index (χ4n) is 3.63. The molecule has 1 aliphatic heterocycles. The summed E-state index contributed by atoms with van der Waals surface area (Å²) in [6, 6.07) is 0.371. The van der Waals surface area contributed by atoms with Crippen molar-refractivity contribution in [3.05, 3.63) is 0 Å². The molecular formula is C17H31N3O2. The fraction of sp³-hybridized carbons (Fsp3) is 0.882. The van der Waals surface area contributed by atoms with Gasteiger partial charge in [-0.3, -0.25) is 14.5 Å². The third-order valence-corrected chi connectivity index (χ3v) is 5.04. The molecule has 0 aromatic rings. The monoisotopic (exact) mass is 309 g/mol. The van der Waals surface area contributed by atoms with Gasteiger partial charge in [0.05, 0.1) is 6.54 Å². The summed E-state index contributed by atoms with van der Waals surface area (Å²) in [4.78, 5) is 26.0. The average molecular weight is 309 g/mol. The lowest BCUT2D eigenvalue weighted by Crippen LogP contribution is -2.46. The molecule has 0 radical (unpaired) electrons. The minimum atomic E-state index is 0.120. The van der Waals surface area contributed by atoms with Gasteiger partial charge in [-0.1, -0.05) is 32.1 Å². The lowest BCUT2D eigenvalue weighted by atomic mass is 9.95. The first kappa shape index (κ1) is 17.3. The van der Waals surface area contributed by atoms with E-state index in [0.717, 1.165) is 38.8 Å². The third kappa shape index (κ3) is 5.59. The van der Waals surface area contributed by atoms with E-state index in [2.05, 4.69) is 15.5 Å². The zero-order valence-corrected chi connectivity index (χ0v) is 13.9. The molecule has 2 amide bonds. The van der Waals surface area contributed by atoms with Crippen LogP contribution in [0.4, 0.5) is 0 Å². The molecule has 2 N–H and O–H groups in total. The molecule has 5 nitrogen and oxygen atoms in total. The number of hydrogen-bond donors (Lipinski definition) is 2. The van der Waals surface area contributed by atoms with Gasteiger partial charge < -0.3 is 10.6 Å². The van der Waals surface area contributed by atoms with Crippen LogP contribution in [0, 0.1) is 5.92 Å². The maximum absolute atomic E-state index is 12.2. The molecule has 0 spiro atoms. The van der Waals surface area contributed by atoms with Gasteiger partial charge >= 0.3 is 0 Å². The Bertz CT molecular complexity index is 357. The van der Waals surface area contributed by atoms with E-state index in [1.807, 2.05) is 0 Å². The molecule has 0 unspecified atom stereocenters. The maximum Gasteiger partial charge on any atom is 0.234 e. The van der Waals surface area contributed by atoms with Crippen molar-refractivity contribution in [2.75, 3.05) is 26.7 Å². The summed E-state index contributed by atoms with van der Waals surface area (Å²) in [6.07, 6.45) is 10.4. The molecule has 22 heavy (non-hydrogen) atoms. The SMILES string of the molecule is CNC(=O)C1CCN(CC(=O)NC2CCCCCCC2)CC1. The van der Waals surface area contributed by atoms with Crippen molar-refractivity contribution in [2.45, 2.75) is 63.8 Å². The average Bonchev–Trinajstić information content (AvgIpc) is 2.50. The first-order valence-electron chi connectivity index (χ1n) is 8.92. The van der Waals surface area contributed by atoms with E-state index < -0.39 is 0 Å². The summed E-state index contributed by atoms with van der Waals surface area (Å²) >= 11 is 0. The van der Waals surface area contributed by atoms with Crippen molar-refractivity contribution in [1.29, 1.82) is 0 Å². The Balaban J connectivity index is 1.67. The summed E-state index contributed by atoms with van der Waals surface area (Å²) in [5.41, 5.74) is 0. The van der Waals surface area contributed by atoms with Crippen LogP contribution in [0.1, 0.15) is 57.8 Å². The van der Waals surface area contributed by atoms with E-state index in [4.69, 9.17) is 0 Å². The van der Waals surface area contributed by atoms with Gasteiger partial charge in [-0.25, -0.2) is 0 Å². The summed E-state index contributed by atoms with van der Waals surface area (Å²) in [5, 5.41) is 5.94. The van der Waals surface area contributed by atoms with Crippen molar-refractivity contribution >= 4 is 11.8 Å². The Morgan fingerprint density at radius 2 is 1.55 bits per heavy atom. The largest absolute Gasteiger partial charge is 0.359 e.